The van der Waals surface area contributed by atoms with Gasteiger partial charge in [-0.15, -0.1) is 0 Å². The number of nitrogens with zero attached hydrogens (tertiary/aromatic N) is 2. The molecule has 22 heavy (non-hydrogen) atoms. The van der Waals surface area contributed by atoms with Crippen molar-refractivity contribution in [3.8, 4) is 0 Å². The number of aliphatic hydroxyl groups is 1. The number of hydrogen-bond donors (Lipinski definition) is 2. The number of unbranched alkanes of at least 4 members (excludes halogenated alkanes) is 1. The molecular formula is C17H22ClN3O. The van der Waals surface area contributed by atoms with Crippen molar-refractivity contribution in [2.45, 2.75) is 45.4 Å². The minimum atomic E-state index is -0.439. The number of aliphatic hydroxyl groups excluding tert-OH is 1. The molecule has 1 unspecified atom stereocenters. The van der Waals surface area contributed by atoms with Gasteiger partial charge in [-0.05, 0) is 17.5 Å². The molecule has 1 aromatic carbocycles. The van der Waals surface area contributed by atoms with Crippen molar-refractivity contribution in [3.63, 3.8) is 0 Å². The van der Waals surface area contributed by atoms with Crippen LogP contribution < -0.4 is 0 Å². The summed E-state index contributed by atoms with van der Waals surface area (Å²) in [6, 6.07) is 8.07. The number of halogens is 1. The van der Waals surface area contributed by atoms with Crippen molar-refractivity contribution >= 4 is 11.6 Å². The topological polar surface area (TPSA) is 52.1 Å². The van der Waals surface area contributed by atoms with E-state index in [1.165, 1.54) is 5.56 Å². The zero-order valence-electron chi connectivity index (χ0n) is 12.8. The van der Waals surface area contributed by atoms with E-state index in [0.717, 1.165) is 42.9 Å². The Balaban J connectivity index is 1.71. The molecule has 0 saturated heterocycles. The minimum Gasteiger partial charge on any atom is -0.387 e. The van der Waals surface area contributed by atoms with E-state index in [2.05, 4.69) is 27.9 Å². The van der Waals surface area contributed by atoms with Gasteiger partial charge in [0.15, 0.2) is 5.15 Å². The van der Waals surface area contributed by atoms with E-state index < -0.39 is 6.10 Å². The molecule has 1 atom stereocenters. The summed E-state index contributed by atoms with van der Waals surface area (Å²) in [5.41, 5.74) is 3.17. The molecule has 1 aliphatic rings. The fraction of sp³-hybridized carbons (Fsp3) is 0.471. The van der Waals surface area contributed by atoms with E-state index in [0.29, 0.717) is 18.2 Å². The number of rotatable bonds is 5. The third-order valence-corrected chi connectivity index (χ3v) is 4.48. The molecule has 0 fully saturated rings. The van der Waals surface area contributed by atoms with Gasteiger partial charge in [0.2, 0.25) is 0 Å². The highest BCUT2D eigenvalue weighted by Crippen LogP contribution is 2.28. The molecule has 118 valence electrons. The molecule has 2 heterocycles. The Morgan fingerprint density at radius 2 is 2.23 bits per heavy atom. The smallest absolute Gasteiger partial charge is 0.151 e. The summed E-state index contributed by atoms with van der Waals surface area (Å²) in [5.74, 6) is 0.958. The maximum Gasteiger partial charge on any atom is 0.151 e. The number of H-pyrrole nitrogens is 1. The largest absolute Gasteiger partial charge is 0.387 e. The Morgan fingerprint density at radius 3 is 3.05 bits per heavy atom. The van der Waals surface area contributed by atoms with Gasteiger partial charge in [0.25, 0.3) is 0 Å². The third-order valence-electron chi connectivity index (χ3n) is 4.17. The Hall–Kier alpha value is -1.36. The molecule has 0 bridgehead atoms. The quantitative estimate of drug-likeness (QED) is 0.887. The van der Waals surface area contributed by atoms with Crippen LogP contribution in [-0.2, 0) is 19.5 Å². The Labute approximate surface area is 136 Å². The average molecular weight is 320 g/mol. The molecule has 0 spiro atoms. The van der Waals surface area contributed by atoms with Gasteiger partial charge in [-0.1, -0.05) is 49.2 Å². The van der Waals surface area contributed by atoms with Gasteiger partial charge in [-0.2, -0.15) is 0 Å². The molecule has 3 rings (SSSR count). The van der Waals surface area contributed by atoms with E-state index >= 15 is 0 Å². The molecule has 2 aromatic rings. The highest BCUT2D eigenvalue weighted by molar-refractivity contribution is 6.30. The van der Waals surface area contributed by atoms with Crippen LogP contribution in [0.15, 0.2) is 24.3 Å². The first-order valence-corrected chi connectivity index (χ1v) is 8.26. The molecule has 0 aliphatic carbocycles. The summed E-state index contributed by atoms with van der Waals surface area (Å²) < 4.78 is 0. The lowest BCUT2D eigenvalue weighted by Gasteiger charge is -2.31. The van der Waals surface area contributed by atoms with Crippen LogP contribution in [-0.4, -0.2) is 26.5 Å². The summed E-state index contributed by atoms with van der Waals surface area (Å²) in [6.07, 6.45) is 2.75. The van der Waals surface area contributed by atoms with E-state index in [9.17, 15) is 5.11 Å². The number of fused-ring (bicyclic) bond motifs is 1. The summed E-state index contributed by atoms with van der Waals surface area (Å²) >= 11 is 6.25. The molecule has 5 heteroatoms. The number of imidazole rings is 1. The number of benzene rings is 1. The lowest BCUT2D eigenvalue weighted by atomic mass is 9.97. The number of hydrogen-bond acceptors (Lipinski definition) is 3. The van der Waals surface area contributed by atoms with Crippen LogP contribution in [0, 0.1) is 0 Å². The van der Waals surface area contributed by atoms with E-state index in [4.69, 9.17) is 11.6 Å². The average Bonchev–Trinajstić information content (AvgIpc) is 2.85. The molecule has 1 aliphatic heterocycles. The number of aromatic nitrogens is 2. The molecule has 1 aromatic heterocycles. The standard InChI is InChI=1S/C17H22ClN3O/c1-2-3-8-16-19-14(17(18)20-16)10-21-9-12-6-4-5-7-13(12)15(22)11-21/h4-7,15,22H,2-3,8-11H2,1H3,(H,19,20). The van der Waals surface area contributed by atoms with E-state index in [1.54, 1.807) is 0 Å². The second-order valence-electron chi connectivity index (χ2n) is 5.94. The van der Waals surface area contributed by atoms with Crippen LogP contribution >= 0.6 is 11.6 Å². The summed E-state index contributed by atoms with van der Waals surface area (Å²) in [5, 5.41) is 10.9. The summed E-state index contributed by atoms with van der Waals surface area (Å²) in [6.45, 7) is 4.30. The number of aromatic amines is 1. The van der Waals surface area contributed by atoms with Gasteiger partial charge in [-0.3, -0.25) is 4.90 Å². The van der Waals surface area contributed by atoms with Crippen LogP contribution in [0.5, 0.6) is 0 Å². The van der Waals surface area contributed by atoms with E-state index in [-0.39, 0.29) is 0 Å². The highest BCUT2D eigenvalue weighted by Gasteiger charge is 2.24. The van der Waals surface area contributed by atoms with Gasteiger partial charge in [0.1, 0.15) is 5.82 Å². The van der Waals surface area contributed by atoms with Crippen LogP contribution in [0.1, 0.15) is 48.5 Å². The first-order valence-electron chi connectivity index (χ1n) is 7.89. The maximum absolute atomic E-state index is 10.3. The van der Waals surface area contributed by atoms with Crippen molar-refractivity contribution < 1.29 is 5.11 Å². The molecule has 0 saturated carbocycles. The molecular weight excluding hydrogens is 298 g/mol. The maximum atomic E-state index is 10.3. The number of β-amino-alcohol motifs (C(OH)–C–C–N with tert-alkyl or cyclic N) is 1. The third kappa shape index (κ3) is 3.35. The molecule has 4 nitrogen and oxygen atoms in total. The van der Waals surface area contributed by atoms with Gasteiger partial charge in [0.05, 0.1) is 11.8 Å². The van der Waals surface area contributed by atoms with Crippen molar-refractivity contribution in [3.05, 3.63) is 52.1 Å². The lowest BCUT2D eigenvalue weighted by molar-refractivity contribution is 0.0875. The van der Waals surface area contributed by atoms with Crippen molar-refractivity contribution in [1.82, 2.24) is 14.9 Å². The highest BCUT2D eigenvalue weighted by atomic mass is 35.5. The van der Waals surface area contributed by atoms with E-state index in [1.807, 2.05) is 18.2 Å². The van der Waals surface area contributed by atoms with Gasteiger partial charge < -0.3 is 10.1 Å². The summed E-state index contributed by atoms with van der Waals surface area (Å²) in [7, 11) is 0. The zero-order chi connectivity index (χ0) is 15.5. The second kappa shape index (κ2) is 6.82. The van der Waals surface area contributed by atoms with Crippen LogP contribution in [0.3, 0.4) is 0 Å². The molecule has 2 N–H and O–H groups in total. The van der Waals surface area contributed by atoms with Gasteiger partial charge >= 0.3 is 0 Å². The minimum absolute atomic E-state index is 0.439. The van der Waals surface area contributed by atoms with Gasteiger partial charge in [0, 0.05) is 26.1 Å². The Kier molecular flexibility index (Phi) is 4.81. The van der Waals surface area contributed by atoms with Crippen molar-refractivity contribution in [1.29, 1.82) is 0 Å². The van der Waals surface area contributed by atoms with Crippen molar-refractivity contribution in [2.75, 3.05) is 6.54 Å². The fourth-order valence-electron chi connectivity index (χ4n) is 3.00. The number of aryl methyl sites for hydroxylation is 1. The molecule has 0 amide bonds. The SMILES string of the molecule is CCCCc1nc(Cl)c(CN2Cc3ccccc3C(O)C2)[nH]1. The fourth-order valence-corrected chi connectivity index (χ4v) is 3.21. The second-order valence-corrected chi connectivity index (χ2v) is 6.30. The Morgan fingerprint density at radius 1 is 1.41 bits per heavy atom. The van der Waals surface area contributed by atoms with Crippen LogP contribution in [0.2, 0.25) is 5.15 Å². The first kappa shape index (κ1) is 15.5. The predicted molar refractivity (Wildman–Crippen MR) is 87.7 cm³/mol. The normalized spacial score (nSPS) is 18.4. The van der Waals surface area contributed by atoms with Gasteiger partial charge in [-0.25, -0.2) is 4.98 Å². The van der Waals surface area contributed by atoms with Crippen LogP contribution in [0.4, 0.5) is 0 Å². The molecule has 0 radical (unpaired) electrons. The first-order chi connectivity index (χ1) is 10.7. The number of nitrogens with one attached hydrogen (secondary N) is 1. The summed E-state index contributed by atoms with van der Waals surface area (Å²) in [4.78, 5) is 9.94. The monoisotopic (exact) mass is 319 g/mol. The van der Waals surface area contributed by atoms with Crippen LogP contribution in [0.25, 0.3) is 0 Å². The lowest BCUT2D eigenvalue weighted by Crippen LogP contribution is -2.33. The Bertz CT molecular complexity index is 641. The zero-order valence-corrected chi connectivity index (χ0v) is 13.6. The predicted octanol–water partition coefficient (Wildman–Crippen LogP) is 3.45. The van der Waals surface area contributed by atoms with Crippen molar-refractivity contribution in [2.24, 2.45) is 0 Å².